The number of benzene rings is 2. The lowest BCUT2D eigenvalue weighted by Crippen LogP contribution is -2.42. The Hall–Kier alpha value is -2.62. The van der Waals surface area contributed by atoms with E-state index in [0.717, 1.165) is 11.1 Å². The van der Waals surface area contributed by atoms with Crippen molar-refractivity contribution in [2.75, 3.05) is 6.54 Å². The highest BCUT2D eigenvalue weighted by Gasteiger charge is 2.10. The highest BCUT2D eigenvalue weighted by atomic mass is 16.2. The van der Waals surface area contributed by atoms with E-state index in [0.29, 0.717) is 19.4 Å². The molecule has 0 aliphatic carbocycles. The Kier molecular flexibility index (Phi) is 6.36. The highest BCUT2D eigenvalue weighted by molar-refractivity contribution is 5.80. The molecular weight excluding hydrogens is 288 g/mol. The quantitative estimate of drug-likeness (QED) is 0.823. The number of nitrogens with one attached hydrogen (secondary N) is 2. The summed E-state index contributed by atoms with van der Waals surface area (Å²) in [5.74, 6) is -0.0821. The smallest absolute Gasteiger partial charge is 0.224 e. The first kappa shape index (κ1) is 16.7. The molecule has 0 spiro atoms. The molecule has 2 amide bonds. The summed E-state index contributed by atoms with van der Waals surface area (Å²) in [5.41, 5.74) is 1.95. The van der Waals surface area contributed by atoms with Gasteiger partial charge in [0, 0.05) is 12.6 Å². The molecule has 0 aliphatic rings. The van der Waals surface area contributed by atoms with Crippen LogP contribution in [-0.2, 0) is 22.4 Å². The maximum atomic E-state index is 11.9. The fourth-order valence-corrected chi connectivity index (χ4v) is 2.27. The summed E-state index contributed by atoms with van der Waals surface area (Å²) < 4.78 is 0. The summed E-state index contributed by atoms with van der Waals surface area (Å²) in [5, 5.41) is 5.74. The molecule has 1 unspecified atom stereocenters. The van der Waals surface area contributed by atoms with E-state index in [1.165, 1.54) is 0 Å². The molecule has 0 saturated heterocycles. The van der Waals surface area contributed by atoms with Crippen molar-refractivity contribution in [3.63, 3.8) is 0 Å². The zero-order valence-corrected chi connectivity index (χ0v) is 13.3. The zero-order chi connectivity index (χ0) is 16.5. The average Bonchev–Trinajstić information content (AvgIpc) is 2.55. The molecule has 2 rings (SSSR count). The van der Waals surface area contributed by atoms with Crippen molar-refractivity contribution in [3.05, 3.63) is 71.8 Å². The Morgan fingerprint density at radius 2 is 1.30 bits per heavy atom. The van der Waals surface area contributed by atoms with E-state index in [1.807, 2.05) is 67.6 Å². The molecule has 0 bridgehead atoms. The van der Waals surface area contributed by atoms with Crippen molar-refractivity contribution in [1.82, 2.24) is 10.6 Å². The Morgan fingerprint density at radius 1 is 0.826 bits per heavy atom. The van der Waals surface area contributed by atoms with Crippen LogP contribution in [0.3, 0.4) is 0 Å². The largest absolute Gasteiger partial charge is 0.354 e. The molecule has 23 heavy (non-hydrogen) atoms. The van der Waals surface area contributed by atoms with Gasteiger partial charge in [0.15, 0.2) is 0 Å². The minimum atomic E-state index is -0.106. The maximum Gasteiger partial charge on any atom is 0.224 e. The van der Waals surface area contributed by atoms with Crippen molar-refractivity contribution in [2.24, 2.45) is 0 Å². The number of hydrogen-bond acceptors (Lipinski definition) is 2. The van der Waals surface area contributed by atoms with Gasteiger partial charge in [-0.3, -0.25) is 9.59 Å². The predicted octanol–water partition coefficient (Wildman–Crippen LogP) is 2.09. The van der Waals surface area contributed by atoms with E-state index >= 15 is 0 Å². The molecule has 2 N–H and O–H groups in total. The van der Waals surface area contributed by atoms with Crippen molar-refractivity contribution >= 4 is 11.8 Å². The standard InChI is InChI=1S/C19H22N2O2/c1-15(21-19(23)13-17-10-6-3-7-11-17)14-20-18(22)12-16-8-4-2-5-9-16/h2-11,15H,12-14H2,1H3,(H,20,22)(H,21,23). The Labute approximate surface area is 136 Å². The molecule has 4 heteroatoms. The summed E-state index contributed by atoms with van der Waals surface area (Å²) in [6.45, 7) is 2.30. The summed E-state index contributed by atoms with van der Waals surface area (Å²) >= 11 is 0. The third-order valence-corrected chi connectivity index (χ3v) is 3.43. The molecular formula is C19H22N2O2. The minimum Gasteiger partial charge on any atom is -0.354 e. The molecule has 0 saturated carbocycles. The third-order valence-electron chi connectivity index (χ3n) is 3.43. The third kappa shape index (κ3) is 6.34. The van der Waals surface area contributed by atoms with E-state index in [9.17, 15) is 9.59 Å². The summed E-state index contributed by atoms with van der Waals surface area (Å²) in [4.78, 5) is 23.8. The summed E-state index contributed by atoms with van der Waals surface area (Å²) in [7, 11) is 0. The van der Waals surface area contributed by atoms with Gasteiger partial charge in [-0.1, -0.05) is 60.7 Å². The second-order valence-electron chi connectivity index (χ2n) is 5.60. The molecule has 2 aromatic carbocycles. The molecule has 0 aromatic heterocycles. The second kappa shape index (κ2) is 8.73. The van der Waals surface area contributed by atoms with Crippen LogP contribution in [-0.4, -0.2) is 24.4 Å². The van der Waals surface area contributed by atoms with Gasteiger partial charge >= 0.3 is 0 Å². The van der Waals surface area contributed by atoms with Crippen LogP contribution in [0.4, 0.5) is 0 Å². The molecule has 0 fully saturated rings. The normalized spacial score (nSPS) is 11.5. The number of amides is 2. The monoisotopic (exact) mass is 310 g/mol. The van der Waals surface area contributed by atoms with E-state index in [-0.39, 0.29) is 17.9 Å². The molecule has 4 nitrogen and oxygen atoms in total. The lowest BCUT2D eigenvalue weighted by Gasteiger charge is -2.15. The van der Waals surface area contributed by atoms with Crippen molar-refractivity contribution in [3.8, 4) is 0 Å². The van der Waals surface area contributed by atoms with Crippen LogP contribution in [0.2, 0.25) is 0 Å². The Bertz CT molecular complexity index is 626. The van der Waals surface area contributed by atoms with E-state index < -0.39 is 0 Å². The SMILES string of the molecule is CC(CNC(=O)Cc1ccccc1)NC(=O)Cc1ccccc1. The first-order valence-corrected chi connectivity index (χ1v) is 7.77. The number of rotatable bonds is 7. The van der Waals surface area contributed by atoms with E-state index in [4.69, 9.17) is 0 Å². The van der Waals surface area contributed by atoms with Crippen LogP contribution in [0.25, 0.3) is 0 Å². The van der Waals surface area contributed by atoms with Crippen molar-refractivity contribution in [1.29, 1.82) is 0 Å². The predicted molar refractivity (Wildman–Crippen MR) is 90.9 cm³/mol. The van der Waals surface area contributed by atoms with Crippen LogP contribution in [0, 0.1) is 0 Å². The number of carbonyl (C=O) groups excluding carboxylic acids is 2. The minimum absolute atomic E-state index is 0.0407. The number of hydrogen-bond donors (Lipinski definition) is 2. The molecule has 0 radical (unpaired) electrons. The summed E-state index contributed by atoms with van der Waals surface area (Å²) in [6.07, 6.45) is 0.703. The van der Waals surface area contributed by atoms with Crippen LogP contribution in [0.15, 0.2) is 60.7 Å². The van der Waals surface area contributed by atoms with Gasteiger partial charge in [-0.15, -0.1) is 0 Å². The van der Waals surface area contributed by atoms with Gasteiger partial charge in [0.05, 0.1) is 12.8 Å². The second-order valence-corrected chi connectivity index (χ2v) is 5.60. The topological polar surface area (TPSA) is 58.2 Å². The van der Waals surface area contributed by atoms with Gasteiger partial charge in [0.2, 0.25) is 11.8 Å². The van der Waals surface area contributed by atoms with E-state index in [2.05, 4.69) is 10.6 Å². The zero-order valence-electron chi connectivity index (χ0n) is 13.3. The van der Waals surface area contributed by atoms with Crippen LogP contribution >= 0.6 is 0 Å². The first-order chi connectivity index (χ1) is 11.1. The molecule has 2 aromatic rings. The van der Waals surface area contributed by atoms with Crippen LogP contribution in [0.5, 0.6) is 0 Å². The Morgan fingerprint density at radius 3 is 1.83 bits per heavy atom. The van der Waals surface area contributed by atoms with Gasteiger partial charge in [0.1, 0.15) is 0 Å². The average molecular weight is 310 g/mol. The summed E-state index contributed by atoms with van der Waals surface area (Å²) in [6, 6.07) is 19.1. The van der Waals surface area contributed by atoms with Crippen molar-refractivity contribution < 1.29 is 9.59 Å². The molecule has 1 atom stereocenters. The number of carbonyl (C=O) groups is 2. The van der Waals surface area contributed by atoms with Gasteiger partial charge < -0.3 is 10.6 Å². The Balaban J connectivity index is 1.69. The van der Waals surface area contributed by atoms with Gasteiger partial charge in [-0.25, -0.2) is 0 Å². The lowest BCUT2D eigenvalue weighted by atomic mass is 10.1. The maximum absolute atomic E-state index is 11.9. The van der Waals surface area contributed by atoms with Gasteiger partial charge in [-0.2, -0.15) is 0 Å². The first-order valence-electron chi connectivity index (χ1n) is 7.77. The van der Waals surface area contributed by atoms with Gasteiger partial charge in [-0.05, 0) is 18.1 Å². The highest BCUT2D eigenvalue weighted by Crippen LogP contribution is 2.00. The fraction of sp³-hybridized carbons (Fsp3) is 0.263. The van der Waals surface area contributed by atoms with Gasteiger partial charge in [0.25, 0.3) is 0 Å². The molecule has 0 aliphatic heterocycles. The van der Waals surface area contributed by atoms with E-state index in [1.54, 1.807) is 0 Å². The van der Waals surface area contributed by atoms with Crippen molar-refractivity contribution in [2.45, 2.75) is 25.8 Å². The fourth-order valence-electron chi connectivity index (χ4n) is 2.27. The lowest BCUT2D eigenvalue weighted by molar-refractivity contribution is -0.122. The molecule has 0 heterocycles. The van der Waals surface area contributed by atoms with Crippen LogP contribution < -0.4 is 10.6 Å². The van der Waals surface area contributed by atoms with Crippen LogP contribution in [0.1, 0.15) is 18.1 Å². The molecule has 120 valence electrons.